The molecule has 1 amide bonds. The van der Waals surface area contributed by atoms with Gasteiger partial charge in [0.25, 0.3) is 0 Å². The standard InChI is InChI=1S/C23H40N4O3S/c1-19-22(17-24-26(19)2)31(29,30)27-16-12-13-20(18-27)23(28)25-21-14-10-8-6-4-3-5-7-9-11-15-21/h17,20-21H,3-16,18H2,1-2H3,(H,25,28)/t20-/m1/s1. The maximum absolute atomic E-state index is 13.1. The predicted octanol–water partition coefficient (Wildman–Crippen LogP) is 3.92. The molecule has 7 nitrogen and oxygen atoms in total. The van der Waals surface area contributed by atoms with Gasteiger partial charge in [-0.15, -0.1) is 0 Å². The minimum absolute atomic E-state index is 0.0277. The number of hydrogen-bond donors (Lipinski definition) is 1. The van der Waals surface area contributed by atoms with Gasteiger partial charge in [-0.1, -0.05) is 57.8 Å². The molecule has 0 unspecified atom stereocenters. The van der Waals surface area contributed by atoms with Crippen LogP contribution in [0.3, 0.4) is 0 Å². The lowest BCUT2D eigenvalue weighted by atomic mass is 9.95. The number of aryl methyl sites for hydroxylation is 1. The van der Waals surface area contributed by atoms with Gasteiger partial charge in [-0.2, -0.15) is 9.40 Å². The van der Waals surface area contributed by atoms with Crippen LogP contribution in [0, 0.1) is 12.8 Å². The maximum Gasteiger partial charge on any atom is 0.246 e. The summed E-state index contributed by atoms with van der Waals surface area (Å²) in [5, 5.41) is 7.37. The van der Waals surface area contributed by atoms with Crippen LogP contribution in [0.25, 0.3) is 0 Å². The van der Waals surface area contributed by atoms with Crippen LogP contribution in [-0.2, 0) is 21.9 Å². The number of carbonyl (C=O) groups is 1. The number of amides is 1. The molecule has 1 aromatic heterocycles. The van der Waals surface area contributed by atoms with E-state index >= 15 is 0 Å². The highest BCUT2D eigenvalue weighted by molar-refractivity contribution is 7.89. The van der Waals surface area contributed by atoms with E-state index in [-0.39, 0.29) is 29.3 Å². The number of rotatable bonds is 4. The molecule has 1 saturated carbocycles. The number of sulfonamides is 1. The molecule has 31 heavy (non-hydrogen) atoms. The lowest BCUT2D eigenvalue weighted by molar-refractivity contribution is -0.126. The van der Waals surface area contributed by atoms with Crippen LogP contribution in [0.2, 0.25) is 0 Å². The Morgan fingerprint density at radius 3 is 2.10 bits per heavy atom. The molecule has 0 aromatic carbocycles. The fourth-order valence-electron chi connectivity index (χ4n) is 4.87. The number of hydrogen-bond acceptors (Lipinski definition) is 4. The van der Waals surface area contributed by atoms with Crippen molar-refractivity contribution in [3.05, 3.63) is 11.9 Å². The summed E-state index contributed by atoms with van der Waals surface area (Å²) in [5.41, 5.74) is 0.625. The first-order valence-electron chi connectivity index (χ1n) is 12.2. The Labute approximate surface area is 188 Å². The Balaban J connectivity index is 1.59. The SMILES string of the molecule is Cc1c(S(=O)(=O)N2CCC[C@@H](C(=O)NC3CCCCCCCCCCC3)C2)cnn1C. The van der Waals surface area contributed by atoms with Gasteiger partial charge in [-0.25, -0.2) is 8.42 Å². The molecule has 176 valence electrons. The van der Waals surface area contributed by atoms with Gasteiger partial charge < -0.3 is 5.32 Å². The fourth-order valence-corrected chi connectivity index (χ4v) is 6.58. The zero-order valence-electron chi connectivity index (χ0n) is 19.3. The van der Waals surface area contributed by atoms with Gasteiger partial charge in [0.15, 0.2) is 0 Å². The molecule has 8 heteroatoms. The summed E-state index contributed by atoms with van der Waals surface area (Å²) in [6.45, 7) is 2.48. The van der Waals surface area contributed by atoms with Crippen LogP contribution in [0.15, 0.2) is 11.1 Å². The molecule has 1 aliphatic carbocycles. The van der Waals surface area contributed by atoms with Crippen LogP contribution < -0.4 is 5.32 Å². The van der Waals surface area contributed by atoms with Crippen molar-refractivity contribution in [2.75, 3.05) is 13.1 Å². The number of carbonyl (C=O) groups excluding carboxylic acids is 1. The molecule has 0 bridgehead atoms. The van der Waals surface area contributed by atoms with E-state index in [1.807, 2.05) is 0 Å². The van der Waals surface area contributed by atoms with Crippen molar-refractivity contribution in [2.24, 2.45) is 13.0 Å². The first kappa shape index (κ1) is 24.2. The first-order valence-corrected chi connectivity index (χ1v) is 13.6. The summed E-state index contributed by atoms with van der Waals surface area (Å²) in [7, 11) is -1.89. The topological polar surface area (TPSA) is 84.3 Å². The number of nitrogens with zero attached hydrogens (tertiary/aromatic N) is 3. The second kappa shape index (κ2) is 11.5. The third-order valence-electron chi connectivity index (χ3n) is 7.01. The van der Waals surface area contributed by atoms with E-state index < -0.39 is 10.0 Å². The predicted molar refractivity (Wildman–Crippen MR) is 122 cm³/mol. The molecule has 1 atom stereocenters. The smallest absolute Gasteiger partial charge is 0.246 e. The lowest BCUT2D eigenvalue weighted by Crippen LogP contribution is -2.47. The van der Waals surface area contributed by atoms with Gasteiger partial charge in [0, 0.05) is 26.2 Å². The molecule has 1 N–H and O–H groups in total. The summed E-state index contributed by atoms with van der Waals surface area (Å²) in [5.74, 6) is -0.248. The van der Waals surface area contributed by atoms with Crippen molar-refractivity contribution < 1.29 is 13.2 Å². The van der Waals surface area contributed by atoms with Gasteiger partial charge in [0.2, 0.25) is 15.9 Å². The average Bonchev–Trinajstić information content (AvgIpc) is 3.09. The van der Waals surface area contributed by atoms with E-state index in [1.54, 1.807) is 18.7 Å². The first-order chi connectivity index (χ1) is 14.9. The van der Waals surface area contributed by atoms with E-state index in [0.29, 0.717) is 18.7 Å². The van der Waals surface area contributed by atoms with Crippen molar-refractivity contribution >= 4 is 15.9 Å². The normalized spacial score (nSPS) is 23.6. The van der Waals surface area contributed by atoms with Crippen LogP contribution in [0.4, 0.5) is 0 Å². The minimum Gasteiger partial charge on any atom is -0.353 e. The van der Waals surface area contributed by atoms with Crippen LogP contribution in [0.1, 0.15) is 89.2 Å². The molecular weight excluding hydrogens is 412 g/mol. The van der Waals surface area contributed by atoms with Crippen molar-refractivity contribution in [1.82, 2.24) is 19.4 Å². The molecule has 3 rings (SSSR count). The summed E-state index contributed by atoms with van der Waals surface area (Å²) >= 11 is 0. The fraction of sp³-hybridized carbons (Fsp3) is 0.826. The molecule has 1 aromatic rings. The quantitative estimate of drug-likeness (QED) is 0.750. The van der Waals surface area contributed by atoms with Crippen LogP contribution in [-0.4, -0.2) is 47.5 Å². The number of nitrogens with one attached hydrogen (secondary N) is 1. The monoisotopic (exact) mass is 452 g/mol. The van der Waals surface area contributed by atoms with Crippen molar-refractivity contribution in [3.63, 3.8) is 0 Å². The Morgan fingerprint density at radius 2 is 1.55 bits per heavy atom. The van der Waals surface area contributed by atoms with E-state index in [2.05, 4.69) is 10.4 Å². The van der Waals surface area contributed by atoms with Crippen molar-refractivity contribution in [3.8, 4) is 0 Å². The van der Waals surface area contributed by atoms with E-state index in [9.17, 15) is 13.2 Å². The molecule has 2 fully saturated rings. The molecule has 2 aliphatic rings. The molecular formula is C23H40N4O3S. The highest BCUT2D eigenvalue weighted by atomic mass is 32.2. The highest BCUT2D eigenvalue weighted by Gasteiger charge is 2.35. The van der Waals surface area contributed by atoms with Gasteiger partial charge >= 0.3 is 0 Å². The Hall–Kier alpha value is -1.41. The van der Waals surface area contributed by atoms with Crippen LogP contribution >= 0.6 is 0 Å². The third-order valence-corrected chi connectivity index (χ3v) is 8.98. The molecule has 1 saturated heterocycles. The zero-order chi connectivity index (χ0) is 22.3. The van der Waals surface area contributed by atoms with Gasteiger partial charge in [-0.05, 0) is 32.6 Å². The second-order valence-electron chi connectivity index (χ2n) is 9.38. The van der Waals surface area contributed by atoms with Gasteiger partial charge in [0.05, 0.1) is 17.8 Å². The lowest BCUT2D eigenvalue weighted by Gasteiger charge is -2.32. The van der Waals surface area contributed by atoms with E-state index in [4.69, 9.17) is 0 Å². The van der Waals surface area contributed by atoms with Crippen molar-refractivity contribution in [1.29, 1.82) is 0 Å². The summed E-state index contributed by atoms with van der Waals surface area (Å²) in [6, 6.07) is 0.222. The molecule has 1 aliphatic heterocycles. The molecule has 2 heterocycles. The Bertz CT molecular complexity index is 809. The maximum atomic E-state index is 13.1. The molecule has 0 radical (unpaired) electrons. The second-order valence-corrected chi connectivity index (χ2v) is 11.3. The third kappa shape index (κ3) is 6.54. The minimum atomic E-state index is -3.63. The van der Waals surface area contributed by atoms with E-state index in [0.717, 1.165) is 32.1 Å². The Morgan fingerprint density at radius 1 is 0.968 bits per heavy atom. The van der Waals surface area contributed by atoms with Crippen molar-refractivity contribution in [2.45, 2.75) is 101 Å². The van der Waals surface area contributed by atoms with Gasteiger partial charge in [0.1, 0.15) is 4.90 Å². The largest absolute Gasteiger partial charge is 0.353 e. The van der Waals surface area contributed by atoms with Gasteiger partial charge in [-0.3, -0.25) is 9.48 Å². The average molecular weight is 453 g/mol. The number of aromatic nitrogens is 2. The zero-order valence-corrected chi connectivity index (χ0v) is 20.1. The Kier molecular flexibility index (Phi) is 8.95. The highest BCUT2D eigenvalue weighted by Crippen LogP contribution is 2.26. The summed E-state index contributed by atoms with van der Waals surface area (Å²) in [4.78, 5) is 13.3. The van der Waals surface area contributed by atoms with Crippen LogP contribution in [0.5, 0.6) is 0 Å². The summed E-state index contributed by atoms with van der Waals surface area (Å²) < 4.78 is 29.3. The summed E-state index contributed by atoms with van der Waals surface area (Å²) in [6.07, 6.45) is 16.4. The van der Waals surface area contributed by atoms with E-state index in [1.165, 1.54) is 55.4 Å². The number of piperidine rings is 1. The molecule has 0 spiro atoms.